The van der Waals surface area contributed by atoms with Crippen LogP contribution in [-0.4, -0.2) is 12.3 Å². The fraction of sp³-hybridized carbons (Fsp3) is 0.389. The van der Waals surface area contributed by atoms with Crippen molar-refractivity contribution in [1.29, 1.82) is 0 Å². The highest BCUT2D eigenvalue weighted by molar-refractivity contribution is 8.04. The summed E-state index contributed by atoms with van der Waals surface area (Å²) in [4.78, 5) is 5.96. The minimum atomic E-state index is 0.147. The van der Waals surface area contributed by atoms with Crippen molar-refractivity contribution in [3.63, 3.8) is 0 Å². The Morgan fingerprint density at radius 3 is 2.38 bits per heavy atom. The number of thioether (sulfide) groups is 1. The van der Waals surface area contributed by atoms with Crippen LogP contribution in [0.15, 0.2) is 93.8 Å². The predicted molar refractivity (Wildman–Crippen MR) is 166 cm³/mol. The van der Waals surface area contributed by atoms with E-state index in [1.54, 1.807) is 38.4 Å². The van der Waals surface area contributed by atoms with Crippen molar-refractivity contribution in [3.8, 4) is 0 Å². The number of anilines is 1. The molecule has 3 aliphatic heterocycles. The summed E-state index contributed by atoms with van der Waals surface area (Å²) < 4.78 is 0. The van der Waals surface area contributed by atoms with Crippen LogP contribution in [0.5, 0.6) is 0 Å². The number of para-hydroxylation sites is 1. The van der Waals surface area contributed by atoms with Crippen LogP contribution in [0.2, 0.25) is 0 Å². The first-order chi connectivity index (χ1) is 19.1. The Kier molecular flexibility index (Phi) is 4.72. The number of benzene rings is 3. The van der Waals surface area contributed by atoms with Crippen LogP contribution >= 0.6 is 11.8 Å². The Balaban J connectivity index is 1.34. The van der Waals surface area contributed by atoms with Gasteiger partial charge in [-0.2, -0.15) is 0 Å². The van der Waals surface area contributed by atoms with Crippen LogP contribution < -0.4 is 15.8 Å². The summed E-state index contributed by atoms with van der Waals surface area (Å²) >= 11 is 2.05. The lowest BCUT2D eigenvalue weighted by molar-refractivity contribution is 0.0560. The molecule has 2 fully saturated rings. The maximum Gasteiger partial charge on any atom is 0.249 e. The number of allylic oxidation sites excluding steroid dienone is 3. The molecule has 6 aliphatic rings. The fourth-order valence-electron chi connectivity index (χ4n) is 9.96. The highest BCUT2D eigenvalue weighted by atomic mass is 32.2. The summed E-state index contributed by atoms with van der Waals surface area (Å²) in [5, 5.41) is 0. The summed E-state index contributed by atoms with van der Waals surface area (Å²) in [5.41, 5.74) is 12.9. The molecule has 3 aromatic rings. The topological polar surface area (TPSA) is 3.24 Å². The van der Waals surface area contributed by atoms with Crippen LogP contribution in [0.1, 0.15) is 76.3 Å². The van der Waals surface area contributed by atoms with Crippen molar-refractivity contribution in [2.24, 2.45) is 11.8 Å². The quantitative estimate of drug-likeness (QED) is 0.298. The van der Waals surface area contributed by atoms with Crippen molar-refractivity contribution < 1.29 is 0 Å². The SMILES string of the molecule is CC12CC3CCCCC3CC1(C)N1C3=C4B(c5ccccc5SC4=C(c4ccccc4)CC3)c3cccc2c31. The standard InChI is InChI=1S/C36H36BNS/c1-35-21-24-13-6-7-14-25(24)22-36(35,2)38-30-20-19-26(23-11-4-3-5-12-23)34-32(30)37(28-16-8-9-18-31(28)39-34)29-17-10-15-27(35)33(29)38/h3-5,8-12,15-18,24-25H,6-7,13-14,19-22H2,1-2H3. The molecule has 0 radical (unpaired) electrons. The van der Waals surface area contributed by atoms with E-state index >= 15 is 0 Å². The molecule has 3 heterocycles. The Bertz CT molecular complexity index is 1600. The lowest BCUT2D eigenvalue weighted by atomic mass is 9.33. The molecule has 4 unspecified atom stereocenters. The van der Waals surface area contributed by atoms with E-state index in [9.17, 15) is 0 Å². The number of hydrogen-bond donors (Lipinski definition) is 0. The molecule has 0 bridgehead atoms. The summed E-state index contributed by atoms with van der Waals surface area (Å²) in [6, 6.07) is 27.9. The number of fused-ring (bicyclic) bond motifs is 8. The minimum Gasteiger partial charge on any atom is -0.339 e. The molecule has 0 amide bonds. The van der Waals surface area contributed by atoms with Gasteiger partial charge in [0.2, 0.25) is 6.71 Å². The van der Waals surface area contributed by atoms with Gasteiger partial charge in [-0.25, -0.2) is 0 Å². The summed E-state index contributed by atoms with van der Waals surface area (Å²) in [6.07, 6.45) is 10.7. The van der Waals surface area contributed by atoms with Crippen molar-refractivity contribution in [3.05, 3.63) is 100.0 Å². The van der Waals surface area contributed by atoms with Gasteiger partial charge in [0, 0.05) is 26.6 Å². The van der Waals surface area contributed by atoms with E-state index in [0.717, 1.165) is 24.7 Å². The van der Waals surface area contributed by atoms with E-state index in [2.05, 4.69) is 91.5 Å². The molecule has 1 nitrogen and oxygen atoms in total. The second-order valence-electron chi connectivity index (χ2n) is 13.5. The molecule has 194 valence electrons. The zero-order valence-electron chi connectivity index (χ0n) is 23.2. The first-order valence-electron chi connectivity index (χ1n) is 15.3. The summed E-state index contributed by atoms with van der Waals surface area (Å²) in [7, 11) is 0. The largest absolute Gasteiger partial charge is 0.339 e. The second kappa shape index (κ2) is 7.97. The third kappa shape index (κ3) is 2.86. The number of nitrogens with zero attached hydrogens (tertiary/aromatic N) is 1. The maximum atomic E-state index is 2.96. The number of rotatable bonds is 1. The van der Waals surface area contributed by atoms with Crippen molar-refractivity contribution in [2.45, 2.75) is 81.1 Å². The Morgan fingerprint density at radius 1 is 0.795 bits per heavy atom. The molecule has 3 aliphatic carbocycles. The summed E-state index contributed by atoms with van der Waals surface area (Å²) in [6.45, 7) is 5.65. The van der Waals surface area contributed by atoms with Crippen molar-refractivity contribution >= 4 is 40.7 Å². The van der Waals surface area contributed by atoms with Crippen molar-refractivity contribution in [1.82, 2.24) is 0 Å². The molecule has 0 aromatic heterocycles. The Morgan fingerprint density at radius 2 is 1.54 bits per heavy atom. The molecule has 0 saturated heterocycles. The van der Waals surface area contributed by atoms with Gasteiger partial charge in [0.25, 0.3) is 0 Å². The van der Waals surface area contributed by atoms with Crippen LogP contribution in [-0.2, 0) is 5.41 Å². The van der Waals surface area contributed by atoms with E-state index in [4.69, 9.17) is 0 Å². The molecule has 2 saturated carbocycles. The predicted octanol–water partition coefficient (Wildman–Crippen LogP) is 7.85. The van der Waals surface area contributed by atoms with E-state index in [1.165, 1.54) is 54.4 Å². The average molecular weight is 526 g/mol. The molecule has 0 spiro atoms. The van der Waals surface area contributed by atoms with Gasteiger partial charge >= 0.3 is 0 Å². The van der Waals surface area contributed by atoms with Crippen LogP contribution in [0, 0.1) is 11.8 Å². The zero-order chi connectivity index (χ0) is 25.9. The first kappa shape index (κ1) is 23.1. The molecule has 0 N–H and O–H groups in total. The monoisotopic (exact) mass is 525 g/mol. The summed E-state index contributed by atoms with van der Waals surface area (Å²) in [5.74, 6) is 1.79. The third-order valence-electron chi connectivity index (χ3n) is 11.8. The van der Waals surface area contributed by atoms with Gasteiger partial charge in [0.05, 0.1) is 5.54 Å². The molecule has 39 heavy (non-hydrogen) atoms. The molecule has 3 heteroatoms. The Hall–Kier alpha value is -2.65. The van der Waals surface area contributed by atoms with E-state index < -0.39 is 0 Å². The van der Waals surface area contributed by atoms with Gasteiger partial charge in [-0.3, -0.25) is 0 Å². The van der Waals surface area contributed by atoms with Gasteiger partial charge in [-0.15, -0.1) is 0 Å². The van der Waals surface area contributed by atoms with Crippen LogP contribution in [0.3, 0.4) is 0 Å². The fourth-order valence-corrected chi connectivity index (χ4v) is 11.3. The highest BCUT2D eigenvalue weighted by Gasteiger charge is 2.64. The maximum absolute atomic E-state index is 2.96. The molecule has 3 aromatic carbocycles. The van der Waals surface area contributed by atoms with E-state index in [0.29, 0.717) is 6.71 Å². The lowest BCUT2D eigenvalue weighted by Crippen LogP contribution is -2.62. The smallest absolute Gasteiger partial charge is 0.249 e. The second-order valence-corrected chi connectivity index (χ2v) is 14.6. The van der Waals surface area contributed by atoms with Crippen molar-refractivity contribution in [2.75, 3.05) is 4.90 Å². The highest BCUT2D eigenvalue weighted by Crippen LogP contribution is 2.65. The number of hydrogen-bond acceptors (Lipinski definition) is 2. The molecular formula is C36H36BNS. The van der Waals surface area contributed by atoms with E-state index in [-0.39, 0.29) is 11.0 Å². The molecular weight excluding hydrogens is 489 g/mol. The minimum absolute atomic E-state index is 0.147. The Labute approximate surface area is 237 Å². The normalized spacial score (nSPS) is 31.8. The van der Waals surface area contributed by atoms with Gasteiger partial charge in [-0.05, 0) is 78.1 Å². The van der Waals surface area contributed by atoms with Gasteiger partial charge in [-0.1, -0.05) is 117 Å². The zero-order valence-corrected chi connectivity index (χ0v) is 24.0. The van der Waals surface area contributed by atoms with Gasteiger partial charge in [0.15, 0.2) is 0 Å². The third-order valence-corrected chi connectivity index (χ3v) is 13.1. The van der Waals surface area contributed by atoms with E-state index in [1.807, 2.05) is 11.8 Å². The lowest BCUT2D eigenvalue weighted by Gasteiger charge is -2.58. The van der Waals surface area contributed by atoms with Crippen LogP contribution in [0.4, 0.5) is 5.69 Å². The average Bonchev–Trinajstić information content (AvgIpc) is 3.17. The molecule has 4 atom stereocenters. The molecule has 9 rings (SSSR count). The van der Waals surface area contributed by atoms with Gasteiger partial charge in [0.1, 0.15) is 0 Å². The first-order valence-corrected chi connectivity index (χ1v) is 16.1. The van der Waals surface area contributed by atoms with Gasteiger partial charge < -0.3 is 4.90 Å². The van der Waals surface area contributed by atoms with Crippen LogP contribution in [0.25, 0.3) is 5.57 Å².